The fourth-order valence-corrected chi connectivity index (χ4v) is 3.17. The quantitative estimate of drug-likeness (QED) is 0.908. The average molecular weight is 300 g/mol. The minimum absolute atomic E-state index is 0.0551. The van der Waals surface area contributed by atoms with Gasteiger partial charge in [-0.2, -0.15) is 5.26 Å². The number of nitrogens with zero attached hydrogens (tertiary/aromatic N) is 1. The lowest BCUT2D eigenvalue weighted by Gasteiger charge is -2.36. The van der Waals surface area contributed by atoms with Gasteiger partial charge in [-0.1, -0.05) is 31.4 Å². The summed E-state index contributed by atoms with van der Waals surface area (Å²) in [4.78, 5) is 12.8. The van der Waals surface area contributed by atoms with Crippen molar-refractivity contribution in [2.75, 3.05) is 13.7 Å². The Labute approximate surface area is 132 Å². The van der Waals surface area contributed by atoms with Crippen molar-refractivity contribution in [3.05, 3.63) is 29.8 Å². The van der Waals surface area contributed by atoms with Gasteiger partial charge in [-0.15, -0.1) is 0 Å². The van der Waals surface area contributed by atoms with Crippen LogP contribution in [0.25, 0.3) is 0 Å². The standard InChI is InChI=1S/C18H24N2O2/c1-14(12-19)13-20-17(21)18(10-4-3-5-11-18)15-6-8-16(22-2)9-7-15/h6-9,14H,3-5,10-11,13H2,1-2H3,(H,20,21). The van der Waals surface area contributed by atoms with E-state index in [1.807, 2.05) is 31.2 Å². The second kappa shape index (κ2) is 7.31. The number of rotatable bonds is 5. The first kappa shape index (κ1) is 16.4. The molecule has 1 aliphatic carbocycles. The van der Waals surface area contributed by atoms with Crippen molar-refractivity contribution in [3.63, 3.8) is 0 Å². The number of nitriles is 1. The molecule has 0 aromatic heterocycles. The normalized spacial score (nSPS) is 18.0. The molecule has 0 bridgehead atoms. The van der Waals surface area contributed by atoms with Gasteiger partial charge in [-0.3, -0.25) is 4.79 Å². The lowest BCUT2D eigenvalue weighted by Crippen LogP contribution is -2.46. The lowest BCUT2D eigenvalue weighted by atomic mass is 9.68. The number of methoxy groups -OCH3 is 1. The van der Waals surface area contributed by atoms with Crippen LogP contribution in [0, 0.1) is 17.2 Å². The molecule has 1 fully saturated rings. The van der Waals surface area contributed by atoms with Gasteiger partial charge in [-0.25, -0.2) is 0 Å². The van der Waals surface area contributed by atoms with Crippen molar-refractivity contribution in [1.82, 2.24) is 5.32 Å². The number of carbonyl (C=O) groups excluding carboxylic acids is 1. The zero-order valence-corrected chi connectivity index (χ0v) is 13.4. The molecule has 1 N–H and O–H groups in total. The Morgan fingerprint density at radius 3 is 2.50 bits per heavy atom. The molecule has 0 aliphatic heterocycles. The van der Waals surface area contributed by atoms with Crippen molar-refractivity contribution >= 4 is 5.91 Å². The van der Waals surface area contributed by atoms with Crippen LogP contribution in [0.2, 0.25) is 0 Å². The summed E-state index contributed by atoms with van der Waals surface area (Å²) in [6.45, 7) is 2.23. The Kier molecular flexibility index (Phi) is 5.43. The molecule has 0 heterocycles. The molecule has 0 saturated heterocycles. The van der Waals surface area contributed by atoms with Crippen LogP contribution in [0.5, 0.6) is 5.75 Å². The van der Waals surface area contributed by atoms with E-state index in [4.69, 9.17) is 10.00 Å². The van der Waals surface area contributed by atoms with Crippen LogP contribution in [0.4, 0.5) is 0 Å². The fourth-order valence-electron chi connectivity index (χ4n) is 3.17. The zero-order chi connectivity index (χ0) is 16.0. The molecule has 2 rings (SSSR count). The molecule has 1 amide bonds. The Morgan fingerprint density at radius 1 is 1.32 bits per heavy atom. The minimum atomic E-state index is -0.459. The molecule has 0 spiro atoms. The third kappa shape index (κ3) is 3.41. The maximum absolute atomic E-state index is 12.8. The maximum Gasteiger partial charge on any atom is 0.230 e. The van der Waals surface area contributed by atoms with E-state index < -0.39 is 5.41 Å². The predicted molar refractivity (Wildman–Crippen MR) is 85.5 cm³/mol. The molecule has 1 unspecified atom stereocenters. The number of benzene rings is 1. The van der Waals surface area contributed by atoms with Gasteiger partial charge in [0.15, 0.2) is 0 Å². The van der Waals surface area contributed by atoms with Gasteiger partial charge in [0.2, 0.25) is 5.91 Å². The van der Waals surface area contributed by atoms with Crippen LogP contribution >= 0.6 is 0 Å². The van der Waals surface area contributed by atoms with E-state index in [2.05, 4.69) is 11.4 Å². The van der Waals surface area contributed by atoms with Crippen molar-refractivity contribution < 1.29 is 9.53 Å². The number of hydrogen-bond donors (Lipinski definition) is 1. The fraction of sp³-hybridized carbons (Fsp3) is 0.556. The van der Waals surface area contributed by atoms with E-state index in [1.165, 1.54) is 6.42 Å². The summed E-state index contributed by atoms with van der Waals surface area (Å²) in [5, 5.41) is 11.9. The molecule has 1 aromatic rings. The monoisotopic (exact) mass is 300 g/mol. The number of ether oxygens (including phenoxy) is 1. The molecule has 1 aliphatic rings. The van der Waals surface area contributed by atoms with Crippen LogP contribution in [-0.2, 0) is 10.2 Å². The van der Waals surface area contributed by atoms with Gasteiger partial charge in [0.25, 0.3) is 0 Å². The summed E-state index contributed by atoms with van der Waals surface area (Å²) in [5.41, 5.74) is 0.592. The van der Waals surface area contributed by atoms with Gasteiger partial charge in [0, 0.05) is 6.54 Å². The number of nitrogens with one attached hydrogen (secondary N) is 1. The van der Waals surface area contributed by atoms with Gasteiger partial charge >= 0.3 is 0 Å². The summed E-state index contributed by atoms with van der Waals surface area (Å²) in [7, 11) is 1.64. The minimum Gasteiger partial charge on any atom is -0.497 e. The van der Waals surface area contributed by atoms with E-state index in [0.717, 1.165) is 37.0 Å². The highest BCUT2D eigenvalue weighted by Gasteiger charge is 2.40. The van der Waals surface area contributed by atoms with Gasteiger partial charge in [0.05, 0.1) is 24.5 Å². The summed E-state index contributed by atoms with van der Waals surface area (Å²) in [6.07, 6.45) is 5.04. The summed E-state index contributed by atoms with van der Waals surface area (Å²) < 4.78 is 5.21. The van der Waals surface area contributed by atoms with Crippen molar-refractivity contribution in [2.45, 2.75) is 44.4 Å². The Balaban J connectivity index is 2.23. The third-order valence-electron chi connectivity index (χ3n) is 4.57. The number of amides is 1. The first-order chi connectivity index (χ1) is 10.6. The Morgan fingerprint density at radius 2 is 1.95 bits per heavy atom. The highest BCUT2D eigenvalue weighted by molar-refractivity contribution is 5.88. The first-order valence-corrected chi connectivity index (χ1v) is 7.95. The van der Waals surface area contributed by atoms with Crippen molar-refractivity contribution in [1.29, 1.82) is 5.26 Å². The van der Waals surface area contributed by atoms with Crippen LogP contribution in [-0.4, -0.2) is 19.6 Å². The Hall–Kier alpha value is -2.02. The average Bonchev–Trinajstić information content (AvgIpc) is 2.59. The molecule has 4 heteroatoms. The largest absolute Gasteiger partial charge is 0.497 e. The van der Waals surface area contributed by atoms with E-state index in [0.29, 0.717) is 6.54 Å². The maximum atomic E-state index is 12.8. The van der Waals surface area contributed by atoms with Gasteiger partial charge in [0.1, 0.15) is 5.75 Å². The number of hydrogen-bond acceptors (Lipinski definition) is 3. The van der Waals surface area contributed by atoms with Crippen LogP contribution in [0.1, 0.15) is 44.6 Å². The molecule has 1 aromatic carbocycles. The highest BCUT2D eigenvalue weighted by Crippen LogP contribution is 2.40. The molecule has 1 atom stereocenters. The first-order valence-electron chi connectivity index (χ1n) is 7.95. The zero-order valence-electron chi connectivity index (χ0n) is 13.4. The lowest BCUT2D eigenvalue weighted by molar-refractivity contribution is -0.128. The number of carbonyl (C=O) groups is 1. The molecular weight excluding hydrogens is 276 g/mol. The van der Waals surface area contributed by atoms with Crippen LogP contribution < -0.4 is 10.1 Å². The summed E-state index contributed by atoms with van der Waals surface area (Å²) >= 11 is 0. The summed E-state index contributed by atoms with van der Waals surface area (Å²) in [6, 6.07) is 9.98. The van der Waals surface area contributed by atoms with Crippen molar-refractivity contribution in [3.8, 4) is 11.8 Å². The highest BCUT2D eigenvalue weighted by atomic mass is 16.5. The second-order valence-corrected chi connectivity index (χ2v) is 6.11. The van der Waals surface area contributed by atoms with Gasteiger partial charge in [-0.05, 0) is 37.5 Å². The molecular formula is C18H24N2O2. The van der Waals surface area contributed by atoms with E-state index in [-0.39, 0.29) is 11.8 Å². The third-order valence-corrected chi connectivity index (χ3v) is 4.57. The Bertz CT molecular complexity index is 539. The van der Waals surface area contributed by atoms with Gasteiger partial charge < -0.3 is 10.1 Å². The molecule has 0 radical (unpaired) electrons. The van der Waals surface area contributed by atoms with Crippen LogP contribution in [0.15, 0.2) is 24.3 Å². The van der Waals surface area contributed by atoms with E-state index in [9.17, 15) is 4.79 Å². The topological polar surface area (TPSA) is 62.1 Å². The molecule has 118 valence electrons. The van der Waals surface area contributed by atoms with E-state index in [1.54, 1.807) is 7.11 Å². The summed E-state index contributed by atoms with van der Waals surface area (Å²) in [5.74, 6) is 0.688. The van der Waals surface area contributed by atoms with Crippen LogP contribution in [0.3, 0.4) is 0 Å². The SMILES string of the molecule is COc1ccc(C2(C(=O)NCC(C)C#N)CCCCC2)cc1. The smallest absolute Gasteiger partial charge is 0.230 e. The predicted octanol–water partition coefficient (Wildman–Crippen LogP) is 3.17. The molecule has 22 heavy (non-hydrogen) atoms. The molecule has 4 nitrogen and oxygen atoms in total. The van der Waals surface area contributed by atoms with E-state index >= 15 is 0 Å². The molecule has 1 saturated carbocycles. The second-order valence-electron chi connectivity index (χ2n) is 6.11. The van der Waals surface area contributed by atoms with Crippen molar-refractivity contribution in [2.24, 2.45) is 5.92 Å².